The molecule has 7 N–H and O–H groups in total. The minimum absolute atomic E-state index is 0.0665. The third-order valence-corrected chi connectivity index (χ3v) is 18.2. The molecular formula is C70H82N12O18. The highest BCUT2D eigenvalue weighted by atomic mass is 16.6. The second-order valence-corrected chi connectivity index (χ2v) is 25.2. The number of amides is 12. The van der Waals surface area contributed by atoms with Gasteiger partial charge in [0, 0.05) is 80.4 Å². The van der Waals surface area contributed by atoms with Gasteiger partial charge in [0.15, 0.2) is 23.0 Å². The number of methoxy groups -OCH3 is 2. The number of ether oxygens (including phenoxy) is 6. The van der Waals surface area contributed by atoms with Crippen LogP contribution in [0.2, 0.25) is 0 Å². The van der Waals surface area contributed by atoms with Crippen molar-refractivity contribution in [3.63, 3.8) is 0 Å². The Kier molecular flexibility index (Phi) is 22.6. The molecule has 12 amide bonds. The second-order valence-electron chi connectivity index (χ2n) is 25.2. The Balaban J connectivity index is 0.882. The second kappa shape index (κ2) is 31.5. The number of nitrogens with zero attached hydrogens (tertiary/aromatic N) is 5. The lowest BCUT2D eigenvalue weighted by Gasteiger charge is -2.33. The molecule has 0 saturated carbocycles. The molecule has 2 fully saturated rings. The molecule has 0 radical (unpaired) electrons. The molecule has 8 atom stereocenters. The molecule has 0 aromatic heterocycles. The van der Waals surface area contributed by atoms with Gasteiger partial charge in [0.05, 0.1) is 80.5 Å². The number of anilines is 4. The number of imide groups is 1. The number of carbonyl (C=O) groups is 12. The van der Waals surface area contributed by atoms with Crippen molar-refractivity contribution in [3.05, 3.63) is 119 Å². The zero-order chi connectivity index (χ0) is 71.6. The smallest absolute Gasteiger partial charge is 0.414 e. The zero-order valence-electron chi connectivity index (χ0n) is 56.6. The van der Waals surface area contributed by atoms with Crippen LogP contribution in [0.3, 0.4) is 0 Å². The molecule has 4 aromatic rings. The fourth-order valence-electron chi connectivity index (χ4n) is 12.6. The molecule has 100 heavy (non-hydrogen) atoms. The Bertz CT molecular complexity index is 3900. The summed E-state index contributed by atoms with van der Waals surface area (Å²) in [6, 6.07) is 12.2. The van der Waals surface area contributed by atoms with E-state index >= 15 is 0 Å². The zero-order valence-corrected chi connectivity index (χ0v) is 56.6. The van der Waals surface area contributed by atoms with Gasteiger partial charge in [-0.2, -0.15) is 0 Å². The van der Waals surface area contributed by atoms with Crippen molar-refractivity contribution in [1.29, 1.82) is 0 Å². The topological polar surface area (TPSA) is 361 Å². The molecule has 530 valence electrons. The molecule has 4 aromatic carbocycles. The highest BCUT2D eigenvalue weighted by molar-refractivity contribution is 6.13. The van der Waals surface area contributed by atoms with Crippen molar-refractivity contribution >= 4 is 94.0 Å². The monoisotopic (exact) mass is 1380 g/mol. The predicted molar refractivity (Wildman–Crippen MR) is 361 cm³/mol. The molecule has 13 rings (SSSR count). The first-order chi connectivity index (χ1) is 47.9. The van der Waals surface area contributed by atoms with Crippen molar-refractivity contribution < 1.29 is 86.0 Å². The number of benzene rings is 4. The lowest BCUT2D eigenvalue weighted by atomic mass is 10.1. The summed E-state index contributed by atoms with van der Waals surface area (Å²) in [5, 5.41) is 18.5. The highest BCUT2D eigenvalue weighted by Crippen LogP contribution is 2.43. The summed E-state index contributed by atoms with van der Waals surface area (Å²) in [5.74, 6) is -5.72. The van der Waals surface area contributed by atoms with Crippen LogP contribution in [0.5, 0.6) is 23.0 Å². The largest absolute Gasteiger partial charge is 0.493 e. The Labute approximate surface area is 576 Å². The lowest BCUT2D eigenvalue weighted by molar-refractivity contribution is -0.138. The van der Waals surface area contributed by atoms with Gasteiger partial charge in [0.25, 0.3) is 23.6 Å². The first kappa shape index (κ1) is 71.6. The van der Waals surface area contributed by atoms with Gasteiger partial charge in [-0.1, -0.05) is 30.8 Å². The Morgan fingerprint density at radius 1 is 0.580 bits per heavy atom. The van der Waals surface area contributed by atoms with E-state index in [9.17, 15) is 57.5 Å². The van der Waals surface area contributed by atoms with Gasteiger partial charge in [-0.05, 0) is 108 Å². The van der Waals surface area contributed by atoms with Gasteiger partial charge in [-0.3, -0.25) is 62.6 Å². The van der Waals surface area contributed by atoms with Gasteiger partial charge in [-0.15, -0.1) is 0 Å². The van der Waals surface area contributed by atoms with Crippen LogP contribution in [0.25, 0.3) is 0 Å². The molecule has 9 aliphatic rings. The number of rotatable bonds is 6. The van der Waals surface area contributed by atoms with Crippen molar-refractivity contribution in [2.24, 2.45) is 0 Å². The molecule has 9 aliphatic heterocycles. The van der Waals surface area contributed by atoms with E-state index in [0.29, 0.717) is 54.1 Å². The van der Waals surface area contributed by atoms with E-state index in [2.05, 4.69) is 43.8 Å². The maximum atomic E-state index is 14.5. The average Bonchev–Trinajstić information content (AvgIpc) is 1.58. The Hall–Kier alpha value is -11.2. The molecule has 8 bridgehead atoms. The van der Waals surface area contributed by atoms with Crippen LogP contribution in [0.15, 0.2) is 97.2 Å². The van der Waals surface area contributed by atoms with E-state index in [1.165, 1.54) is 44.8 Å². The van der Waals surface area contributed by atoms with Crippen molar-refractivity contribution in [2.75, 3.05) is 74.0 Å². The summed E-state index contributed by atoms with van der Waals surface area (Å²) < 4.78 is 36.1. The number of hydrogen-bond donors (Lipinski definition) is 7. The van der Waals surface area contributed by atoms with Gasteiger partial charge in [0.2, 0.25) is 35.4 Å². The van der Waals surface area contributed by atoms with Crippen LogP contribution in [0.1, 0.15) is 111 Å². The van der Waals surface area contributed by atoms with Crippen LogP contribution < -0.4 is 66.0 Å². The van der Waals surface area contributed by atoms with Crippen LogP contribution in [0, 0.1) is 0 Å². The average molecular weight is 1380 g/mol. The quantitative estimate of drug-likeness (QED) is 0.130. The predicted octanol–water partition coefficient (Wildman–Crippen LogP) is 4.55. The van der Waals surface area contributed by atoms with Crippen LogP contribution in [-0.4, -0.2) is 188 Å². The molecule has 30 nitrogen and oxygen atoms in total. The number of hydrogen-bond acceptors (Lipinski definition) is 19. The first-order valence-electron chi connectivity index (χ1n) is 33.1. The van der Waals surface area contributed by atoms with E-state index in [0.717, 1.165) is 29.9 Å². The molecule has 0 aliphatic carbocycles. The van der Waals surface area contributed by atoms with Gasteiger partial charge < -0.3 is 75.4 Å². The molecule has 9 heterocycles. The summed E-state index contributed by atoms with van der Waals surface area (Å²) in [6.07, 6.45) is 2.46. The summed E-state index contributed by atoms with van der Waals surface area (Å²) in [7, 11) is 2.89. The number of carbonyl (C=O) groups excluding carboxylic acids is 12. The molecular weight excluding hydrogens is 1300 g/mol. The molecule has 2 saturated heterocycles. The van der Waals surface area contributed by atoms with Crippen molar-refractivity contribution in [3.8, 4) is 23.0 Å². The van der Waals surface area contributed by atoms with E-state index in [1.54, 1.807) is 89.5 Å². The molecule has 30 heteroatoms. The maximum Gasteiger partial charge on any atom is 0.414 e. The van der Waals surface area contributed by atoms with E-state index in [1.807, 2.05) is 6.92 Å². The summed E-state index contributed by atoms with van der Waals surface area (Å²) >= 11 is 0. The first-order valence-corrected chi connectivity index (χ1v) is 33.1. The lowest BCUT2D eigenvalue weighted by Crippen LogP contribution is -2.56. The normalized spacial score (nSPS) is 24.1. The summed E-state index contributed by atoms with van der Waals surface area (Å²) in [4.78, 5) is 170. The fourth-order valence-corrected chi connectivity index (χ4v) is 12.6. The van der Waals surface area contributed by atoms with Gasteiger partial charge >= 0.3 is 12.2 Å². The standard InChI is InChI=1S/C70H82N12O18/c1-38-39(2)73-64(88)41(4)75-66(90)51(77-59(83)24-27-80-61(85)22-23-62(80)86)32-60(84)72-40(3)63(87)74-42(5)65(89)76-47-20-16-44(17-21-47)36-99-69(93)81-35-48-12-9-25-78(48)67(91)49-30-55(95-7)57(33-53(49)81)97-28-11-29-98-58-34-54-50(31-56(58)96-8)68(92)79-26-10-13-52(79)43(6)82(54)70(94)100-37-45-14-18-46(71-38)19-15-45/h14-23,30-31,33-34,39-43,48,51-52,71H,1,9-13,24-29,32,35-37H2,2-8H3,(H,72,84)(H,73,88)(H,74,87)(H,75,90)(H,76,89)(H,77,83)/t39-,40-,41-,42-,43?,48-,51-,52-/m0/s1. The SMILES string of the molecule is C=C1Nc2ccc(cc2)COC(=O)N2c3cc(c(OC)cc3C(=O)N3CCC[C@H]3C2C)OCCCOc2cc3c(cc2OC)C(=O)N2CCC[C@H]2CN3C(=O)OCc2ccc(cc2)NC(=O)[C@H](C)NC(=O)[C@H](C)NC(=O)C[C@H](NC(=O)CCN2C(=O)C=CC2=O)C(=O)N[C@@H](C)C(=O)N[C@H]1C. The Morgan fingerprint density at radius 2 is 1.10 bits per heavy atom. The third-order valence-electron chi connectivity index (χ3n) is 18.2. The minimum atomic E-state index is -1.65. The summed E-state index contributed by atoms with van der Waals surface area (Å²) in [6.45, 7) is 12.2. The third kappa shape index (κ3) is 16.5. The van der Waals surface area contributed by atoms with E-state index in [4.69, 9.17) is 28.4 Å². The van der Waals surface area contributed by atoms with Crippen molar-refractivity contribution in [2.45, 2.75) is 141 Å². The van der Waals surface area contributed by atoms with Crippen molar-refractivity contribution in [1.82, 2.24) is 41.3 Å². The number of nitrogens with one attached hydrogen (secondary N) is 7. The Morgan fingerprint density at radius 3 is 1.72 bits per heavy atom. The van der Waals surface area contributed by atoms with Gasteiger partial charge in [-0.25, -0.2) is 9.59 Å². The van der Waals surface area contributed by atoms with E-state index in [-0.39, 0.29) is 115 Å². The highest BCUT2D eigenvalue weighted by Gasteiger charge is 2.45. The van der Waals surface area contributed by atoms with Crippen LogP contribution in [-0.2, 0) is 61.0 Å². The van der Waals surface area contributed by atoms with Crippen LogP contribution >= 0.6 is 0 Å². The maximum absolute atomic E-state index is 14.5. The van der Waals surface area contributed by atoms with Gasteiger partial charge in [0.1, 0.15) is 37.4 Å². The fraction of sp³-hybridized carbons (Fsp3) is 0.429. The minimum Gasteiger partial charge on any atom is -0.493 e. The summed E-state index contributed by atoms with van der Waals surface area (Å²) in [5.41, 5.74) is 3.28. The molecule has 0 spiro atoms. The van der Waals surface area contributed by atoms with E-state index < -0.39 is 109 Å². The van der Waals surface area contributed by atoms with Crippen LogP contribution in [0.4, 0.5) is 32.3 Å². The number of fused-ring (bicyclic) bond motifs is 2. The molecule has 1 unspecified atom stereocenters.